The summed E-state index contributed by atoms with van der Waals surface area (Å²) in [4.78, 5) is 8.60. The highest BCUT2D eigenvalue weighted by atomic mass is 16.5. The molecule has 3 rings (SSSR count). The van der Waals surface area contributed by atoms with Crippen LogP contribution in [0, 0.1) is 0 Å². The summed E-state index contributed by atoms with van der Waals surface area (Å²) in [6, 6.07) is 14.5. The van der Waals surface area contributed by atoms with Crippen molar-refractivity contribution < 1.29 is 4.74 Å². The Morgan fingerprint density at radius 1 is 1.12 bits per heavy atom. The van der Waals surface area contributed by atoms with Crippen LogP contribution >= 0.6 is 0 Å². The molecule has 5 nitrogen and oxygen atoms in total. The van der Waals surface area contributed by atoms with E-state index in [1.165, 1.54) is 37.7 Å². The lowest BCUT2D eigenvalue weighted by atomic mass is 9.96. The molecule has 0 unspecified atom stereocenters. The third kappa shape index (κ3) is 5.76. The van der Waals surface area contributed by atoms with E-state index in [1.807, 2.05) is 37.4 Å². The van der Waals surface area contributed by atoms with E-state index in [0.717, 1.165) is 23.9 Å². The second kappa shape index (κ2) is 9.80. The standard InChI is InChI=1S/C21H28N4O/c1-22-21(25-18-7-3-2-4-8-18)24-15-17-10-12-20(13-11-17)26-16-19-9-5-6-14-23-19/h5-6,9-14,18H,2-4,7-8,15-16H2,1H3,(H2,22,24,25). The van der Waals surface area contributed by atoms with E-state index in [1.54, 1.807) is 6.20 Å². The first-order valence-electron chi connectivity index (χ1n) is 9.42. The number of ether oxygens (including phenoxy) is 1. The van der Waals surface area contributed by atoms with Crippen LogP contribution in [0.5, 0.6) is 5.75 Å². The summed E-state index contributed by atoms with van der Waals surface area (Å²) in [5, 5.41) is 6.93. The molecule has 0 bridgehead atoms. The number of hydrogen-bond acceptors (Lipinski definition) is 3. The van der Waals surface area contributed by atoms with Gasteiger partial charge in [0.25, 0.3) is 0 Å². The second-order valence-corrected chi connectivity index (χ2v) is 6.66. The maximum atomic E-state index is 5.78. The van der Waals surface area contributed by atoms with Gasteiger partial charge in [-0.25, -0.2) is 0 Å². The Labute approximate surface area is 155 Å². The van der Waals surface area contributed by atoms with Gasteiger partial charge in [0.2, 0.25) is 0 Å². The summed E-state index contributed by atoms with van der Waals surface area (Å²) < 4.78 is 5.78. The molecular formula is C21H28N4O. The van der Waals surface area contributed by atoms with Crippen molar-refractivity contribution in [3.05, 3.63) is 59.9 Å². The molecule has 1 aliphatic rings. The molecule has 26 heavy (non-hydrogen) atoms. The van der Waals surface area contributed by atoms with Gasteiger partial charge >= 0.3 is 0 Å². The lowest BCUT2D eigenvalue weighted by molar-refractivity contribution is 0.301. The van der Waals surface area contributed by atoms with Crippen molar-refractivity contribution >= 4 is 5.96 Å². The summed E-state index contributed by atoms with van der Waals surface area (Å²) in [5.74, 6) is 1.73. The van der Waals surface area contributed by atoms with E-state index in [2.05, 4.69) is 32.7 Å². The van der Waals surface area contributed by atoms with Crippen LogP contribution in [-0.4, -0.2) is 24.0 Å². The Balaban J connectivity index is 1.44. The highest BCUT2D eigenvalue weighted by molar-refractivity contribution is 5.79. The van der Waals surface area contributed by atoms with Gasteiger partial charge in [0.1, 0.15) is 12.4 Å². The SMILES string of the molecule is CN=C(NCc1ccc(OCc2ccccn2)cc1)NC1CCCCC1. The zero-order chi connectivity index (χ0) is 18.0. The Kier molecular flexibility index (Phi) is 6.88. The molecule has 0 aliphatic heterocycles. The molecular weight excluding hydrogens is 324 g/mol. The monoisotopic (exact) mass is 352 g/mol. The van der Waals surface area contributed by atoms with Crippen LogP contribution in [0.25, 0.3) is 0 Å². The highest BCUT2D eigenvalue weighted by Gasteiger charge is 2.14. The molecule has 2 N–H and O–H groups in total. The Hall–Kier alpha value is -2.56. The average Bonchev–Trinajstić information content (AvgIpc) is 2.72. The highest BCUT2D eigenvalue weighted by Crippen LogP contribution is 2.17. The van der Waals surface area contributed by atoms with Crippen LogP contribution in [0.15, 0.2) is 53.7 Å². The summed E-state index contributed by atoms with van der Waals surface area (Å²) in [7, 11) is 1.83. The largest absolute Gasteiger partial charge is 0.487 e. The van der Waals surface area contributed by atoms with Crippen LogP contribution in [0.1, 0.15) is 43.4 Å². The zero-order valence-corrected chi connectivity index (χ0v) is 15.4. The molecule has 0 amide bonds. The molecule has 0 spiro atoms. The van der Waals surface area contributed by atoms with Gasteiger partial charge in [-0.15, -0.1) is 0 Å². The van der Waals surface area contributed by atoms with Crippen molar-refractivity contribution in [1.29, 1.82) is 0 Å². The smallest absolute Gasteiger partial charge is 0.191 e. The molecule has 0 atom stereocenters. The van der Waals surface area contributed by atoms with E-state index in [4.69, 9.17) is 4.74 Å². The van der Waals surface area contributed by atoms with Crippen molar-refractivity contribution in [3.8, 4) is 5.75 Å². The number of nitrogens with zero attached hydrogens (tertiary/aromatic N) is 2. The van der Waals surface area contributed by atoms with Crippen molar-refractivity contribution in [3.63, 3.8) is 0 Å². The molecule has 1 heterocycles. The Morgan fingerprint density at radius 2 is 1.92 bits per heavy atom. The molecule has 5 heteroatoms. The number of guanidine groups is 1. The van der Waals surface area contributed by atoms with Gasteiger partial charge in [-0.1, -0.05) is 37.5 Å². The third-order valence-corrected chi connectivity index (χ3v) is 4.67. The van der Waals surface area contributed by atoms with Gasteiger partial charge in [-0.3, -0.25) is 9.98 Å². The van der Waals surface area contributed by atoms with Gasteiger partial charge in [0.15, 0.2) is 5.96 Å². The maximum absolute atomic E-state index is 5.78. The Morgan fingerprint density at radius 3 is 2.62 bits per heavy atom. The van der Waals surface area contributed by atoms with Gasteiger partial charge in [-0.05, 0) is 42.7 Å². The van der Waals surface area contributed by atoms with E-state index in [-0.39, 0.29) is 0 Å². The van der Waals surface area contributed by atoms with Gasteiger partial charge < -0.3 is 15.4 Å². The third-order valence-electron chi connectivity index (χ3n) is 4.67. The normalized spacial score (nSPS) is 15.5. The molecule has 1 aromatic heterocycles. The summed E-state index contributed by atoms with van der Waals surface area (Å²) >= 11 is 0. The van der Waals surface area contributed by atoms with Crippen molar-refractivity contribution in [2.45, 2.75) is 51.3 Å². The fourth-order valence-electron chi connectivity index (χ4n) is 3.17. The minimum atomic E-state index is 0.483. The molecule has 0 saturated heterocycles. The minimum absolute atomic E-state index is 0.483. The van der Waals surface area contributed by atoms with Crippen LogP contribution in [0.2, 0.25) is 0 Å². The topological polar surface area (TPSA) is 58.5 Å². The number of pyridine rings is 1. The quantitative estimate of drug-likeness (QED) is 0.615. The van der Waals surface area contributed by atoms with Crippen molar-refractivity contribution in [1.82, 2.24) is 15.6 Å². The number of aromatic nitrogens is 1. The van der Waals surface area contributed by atoms with Crippen LogP contribution in [0.3, 0.4) is 0 Å². The number of nitrogens with one attached hydrogen (secondary N) is 2. The van der Waals surface area contributed by atoms with E-state index >= 15 is 0 Å². The van der Waals surface area contributed by atoms with E-state index in [9.17, 15) is 0 Å². The maximum Gasteiger partial charge on any atom is 0.191 e. The molecule has 1 aliphatic carbocycles. The lowest BCUT2D eigenvalue weighted by Crippen LogP contribution is -2.43. The molecule has 1 saturated carbocycles. The first kappa shape index (κ1) is 18.2. The molecule has 1 fully saturated rings. The van der Waals surface area contributed by atoms with Crippen molar-refractivity contribution in [2.24, 2.45) is 4.99 Å². The summed E-state index contributed by atoms with van der Waals surface area (Å²) in [6.45, 7) is 1.23. The number of rotatable bonds is 6. The summed E-state index contributed by atoms with van der Waals surface area (Å²) in [5.41, 5.74) is 2.12. The van der Waals surface area contributed by atoms with E-state index in [0.29, 0.717) is 12.6 Å². The first-order valence-corrected chi connectivity index (χ1v) is 9.42. The lowest BCUT2D eigenvalue weighted by Gasteiger charge is -2.24. The van der Waals surface area contributed by atoms with Crippen LogP contribution in [0.4, 0.5) is 0 Å². The average molecular weight is 352 g/mol. The van der Waals surface area contributed by atoms with E-state index < -0.39 is 0 Å². The number of hydrogen-bond donors (Lipinski definition) is 2. The van der Waals surface area contributed by atoms with Crippen LogP contribution in [-0.2, 0) is 13.2 Å². The van der Waals surface area contributed by atoms with Gasteiger partial charge in [0.05, 0.1) is 5.69 Å². The number of aliphatic imine (C=N–C) groups is 1. The van der Waals surface area contributed by atoms with Crippen molar-refractivity contribution in [2.75, 3.05) is 7.05 Å². The Bertz CT molecular complexity index is 679. The van der Waals surface area contributed by atoms with Crippen LogP contribution < -0.4 is 15.4 Å². The molecule has 0 radical (unpaired) electrons. The fourth-order valence-corrected chi connectivity index (χ4v) is 3.17. The second-order valence-electron chi connectivity index (χ2n) is 6.66. The predicted molar refractivity (Wildman–Crippen MR) is 105 cm³/mol. The molecule has 138 valence electrons. The predicted octanol–water partition coefficient (Wildman–Crippen LogP) is 3.66. The first-order chi connectivity index (χ1) is 12.8. The van der Waals surface area contributed by atoms with Gasteiger partial charge in [-0.2, -0.15) is 0 Å². The fraction of sp³-hybridized carbons (Fsp3) is 0.429. The van der Waals surface area contributed by atoms with Gasteiger partial charge in [0, 0.05) is 25.8 Å². The summed E-state index contributed by atoms with van der Waals surface area (Å²) in [6.07, 6.45) is 8.25. The molecule has 1 aromatic carbocycles. The zero-order valence-electron chi connectivity index (χ0n) is 15.4. The number of benzene rings is 1. The molecule has 2 aromatic rings. The minimum Gasteiger partial charge on any atom is -0.487 e.